The van der Waals surface area contributed by atoms with Gasteiger partial charge in [0.2, 0.25) is 0 Å². The predicted octanol–water partition coefficient (Wildman–Crippen LogP) is 3.07. The fourth-order valence-corrected chi connectivity index (χ4v) is 1.01. The molecule has 0 heterocycles. The van der Waals surface area contributed by atoms with Crippen molar-refractivity contribution in [2.45, 2.75) is 6.92 Å². The van der Waals surface area contributed by atoms with Gasteiger partial charge < -0.3 is 0 Å². The van der Waals surface area contributed by atoms with E-state index < -0.39 is 5.97 Å². The zero-order chi connectivity index (χ0) is 10.6. The third kappa shape index (κ3) is 3.22. The van der Waals surface area contributed by atoms with Crippen molar-refractivity contribution in [3.63, 3.8) is 0 Å². The van der Waals surface area contributed by atoms with Gasteiger partial charge >= 0.3 is 5.97 Å². The molecule has 74 valence electrons. The maximum absolute atomic E-state index is 11.3. The molecule has 0 aromatic heterocycles. The van der Waals surface area contributed by atoms with Gasteiger partial charge in [-0.15, -0.1) is 0 Å². The summed E-state index contributed by atoms with van der Waals surface area (Å²) in [5.74, 6) is -0.212. The molecule has 0 spiro atoms. The van der Waals surface area contributed by atoms with Crippen LogP contribution in [0.25, 0.3) is 0 Å². The summed E-state index contributed by atoms with van der Waals surface area (Å²) in [6.07, 6.45) is 0. The summed E-state index contributed by atoms with van der Waals surface area (Å²) in [6.45, 7) is 5.02. The average molecular weight is 257 g/mol. The van der Waals surface area contributed by atoms with Gasteiger partial charge in [-0.3, -0.25) is 4.89 Å². The Hall–Kier alpha value is -1.29. The van der Waals surface area contributed by atoms with Crippen LogP contribution >= 0.6 is 15.9 Å². The highest BCUT2D eigenvalue weighted by Crippen LogP contribution is 2.11. The van der Waals surface area contributed by atoms with Crippen molar-refractivity contribution < 1.29 is 14.6 Å². The van der Waals surface area contributed by atoms with E-state index >= 15 is 0 Å². The van der Waals surface area contributed by atoms with Crippen molar-refractivity contribution in [2.75, 3.05) is 0 Å². The summed E-state index contributed by atoms with van der Waals surface area (Å²) in [6, 6.07) is 6.76. The second-order valence-corrected chi connectivity index (χ2v) is 3.58. The Morgan fingerprint density at radius 2 is 1.86 bits per heavy atom. The minimum absolute atomic E-state index is 0.329. The highest BCUT2D eigenvalue weighted by molar-refractivity contribution is 9.10. The molecule has 0 unspecified atom stereocenters. The molecule has 1 aromatic carbocycles. The number of hydrogen-bond donors (Lipinski definition) is 0. The van der Waals surface area contributed by atoms with Gasteiger partial charge in [-0.25, -0.2) is 9.68 Å². The highest BCUT2D eigenvalue weighted by Gasteiger charge is 2.07. The molecule has 0 aliphatic carbocycles. The maximum atomic E-state index is 11.3. The van der Waals surface area contributed by atoms with Crippen LogP contribution in [0.15, 0.2) is 41.1 Å². The molecule has 4 heteroatoms. The first-order valence-corrected chi connectivity index (χ1v) is 4.69. The molecule has 0 radical (unpaired) electrons. The third-order valence-electron chi connectivity index (χ3n) is 1.34. The number of halogens is 1. The molecular formula is C10H9BrO3. The van der Waals surface area contributed by atoms with Gasteiger partial charge in [-0.1, -0.05) is 22.5 Å². The van der Waals surface area contributed by atoms with Crippen LogP contribution in [-0.4, -0.2) is 5.97 Å². The van der Waals surface area contributed by atoms with Gasteiger partial charge in [0, 0.05) is 4.47 Å². The molecule has 1 aromatic rings. The van der Waals surface area contributed by atoms with E-state index in [4.69, 9.17) is 0 Å². The predicted molar refractivity (Wildman–Crippen MR) is 55.5 cm³/mol. The Morgan fingerprint density at radius 1 is 1.29 bits per heavy atom. The van der Waals surface area contributed by atoms with Crippen LogP contribution in [0.3, 0.4) is 0 Å². The smallest absolute Gasteiger partial charge is 0.292 e. The Balaban J connectivity index is 2.61. The van der Waals surface area contributed by atoms with E-state index in [0.29, 0.717) is 11.3 Å². The van der Waals surface area contributed by atoms with Gasteiger partial charge in [0.05, 0.1) is 5.56 Å². The van der Waals surface area contributed by atoms with Gasteiger partial charge in [-0.05, 0) is 31.2 Å². The Bertz CT molecular complexity index is 343. The minimum atomic E-state index is -0.541. The normalized spacial score (nSPS) is 9.29. The molecule has 0 bridgehead atoms. The van der Waals surface area contributed by atoms with E-state index in [0.717, 1.165) is 4.47 Å². The van der Waals surface area contributed by atoms with E-state index in [1.807, 2.05) is 0 Å². The fraction of sp³-hybridized carbons (Fsp3) is 0.100. The lowest BCUT2D eigenvalue weighted by molar-refractivity contribution is -0.204. The first-order valence-electron chi connectivity index (χ1n) is 3.89. The molecule has 0 aliphatic rings. The van der Waals surface area contributed by atoms with E-state index in [1.54, 1.807) is 31.2 Å². The molecule has 0 aliphatic heterocycles. The van der Waals surface area contributed by atoms with Crippen molar-refractivity contribution in [2.24, 2.45) is 0 Å². The summed E-state index contributed by atoms with van der Waals surface area (Å²) < 4.78 is 0.898. The van der Waals surface area contributed by atoms with E-state index in [-0.39, 0.29) is 0 Å². The molecule has 0 saturated carbocycles. The maximum Gasteiger partial charge on any atom is 0.386 e. The molecular weight excluding hydrogens is 248 g/mol. The van der Waals surface area contributed by atoms with Crippen LogP contribution in [0.2, 0.25) is 0 Å². The standard InChI is InChI=1S/C10H9BrO3/c1-7(2)13-14-10(12)8-3-5-9(11)6-4-8/h3-6H,1H2,2H3. The Kier molecular flexibility index (Phi) is 3.71. The topological polar surface area (TPSA) is 35.5 Å². The second-order valence-electron chi connectivity index (χ2n) is 2.66. The van der Waals surface area contributed by atoms with Gasteiger partial charge in [0.1, 0.15) is 5.76 Å². The number of hydrogen-bond acceptors (Lipinski definition) is 3. The van der Waals surface area contributed by atoms with E-state index in [1.165, 1.54) is 0 Å². The molecule has 0 amide bonds. The first-order chi connectivity index (χ1) is 6.59. The lowest BCUT2D eigenvalue weighted by Crippen LogP contribution is -2.04. The number of benzene rings is 1. The van der Waals surface area contributed by atoms with Crippen LogP contribution in [0.1, 0.15) is 17.3 Å². The van der Waals surface area contributed by atoms with Crippen molar-refractivity contribution in [3.8, 4) is 0 Å². The van der Waals surface area contributed by atoms with E-state index in [9.17, 15) is 4.79 Å². The zero-order valence-corrected chi connectivity index (χ0v) is 9.21. The summed E-state index contributed by atoms with van der Waals surface area (Å²) in [5, 5.41) is 0. The van der Waals surface area contributed by atoms with Gasteiger partial charge in [-0.2, -0.15) is 0 Å². The van der Waals surface area contributed by atoms with Crippen molar-refractivity contribution in [1.82, 2.24) is 0 Å². The lowest BCUT2D eigenvalue weighted by Gasteiger charge is -2.02. The number of rotatable bonds is 3. The molecule has 0 fully saturated rings. The molecule has 0 saturated heterocycles. The van der Waals surface area contributed by atoms with Crippen LogP contribution in [0.4, 0.5) is 0 Å². The summed E-state index contributed by atoms with van der Waals surface area (Å²) in [4.78, 5) is 20.3. The molecule has 0 atom stereocenters. The third-order valence-corrected chi connectivity index (χ3v) is 1.87. The monoisotopic (exact) mass is 256 g/mol. The van der Waals surface area contributed by atoms with Crippen LogP contribution in [0.5, 0.6) is 0 Å². The van der Waals surface area contributed by atoms with Crippen LogP contribution in [0, 0.1) is 0 Å². The zero-order valence-electron chi connectivity index (χ0n) is 7.62. The average Bonchev–Trinajstić information content (AvgIpc) is 2.15. The van der Waals surface area contributed by atoms with Crippen molar-refractivity contribution in [3.05, 3.63) is 46.6 Å². The highest BCUT2D eigenvalue weighted by atomic mass is 79.9. The number of allylic oxidation sites excluding steroid dienone is 1. The van der Waals surface area contributed by atoms with Gasteiger partial charge in [0.15, 0.2) is 0 Å². The fourth-order valence-electron chi connectivity index (χ4n) is 0.743. The van der Waals surface area contributed by atoms with Crippen molar-refractivity contribution >= 4 is 21.9 Å². The second kappa shape index (κ2) is 4.81. The molecule has 3 nitrogen and oxygen atoms in total. The summed E-state index contributed by atoms with van der Waals surface area (Å²) >= 11 is 3.26. The SMILES string of the molecule is C=C(C)OOC(=O)c1ccc(Br)cc1. The van der Waals surface area contributed by atoms with Crippen molar-refractivity contribution in [1.29, 1.82) is 0 Å². The van der Waals surface area contributed by atoms with E-state index in [2.05, 4.69) is 32.3 Å². The molecule has 1 rings (SSSR count). The lowest BCUT2D eigenvalue weighted by atomic mass is 10.2. The number of carbonyl (C=O) groups excluding carboxylic acids is 1. The quantitative estimate of drug-likeness (QED) is 0.474. The van der Waals surface area contributed by atoms with Crippen LogP contribution < -0.4 is 0 Å². The first kappa shape index (κ1) is 10.8. The summed E-state index contributed by atoms with van der Waals surface area (Å²) in [7, 11) is 0. The van der Waals surface area contributed by atoms with Gasteiger partial charge in [0.25, 0.3) is 0 Å². The minimum Gasteiger partial charge on any atom is -0.292 e. The molecule has 0 N–H and O–H groups in total. The molecule has 14 heavy (non-hydrogen) atoms. The largest absolute Gasteiger partial charge is 0.386 e. The summed E-state index contributed by atoms with van der Waals surface area (Å²) in [5.41, 5.74) is 0.425. The Morgan fingerprint density at radius 3 is 2.36 bits per heavy atom. The number of carbonyl (C=O) groups is 1. The van der Waals surface area contributed by atoms with Crippen LogP contribution in [-0.2, 0) is 9.78 Å². The Labute approximate surface area is 90.4 Å².